The van der Waals surface area contributed by atoms with Gasteiger partial charge in [0, 0.05) is 43.9 Å². The molecule has 0 bridgehead atoms. The highest BCUT2D eigenvalue weighted by Gasteiger charge is 2.22. The number of benzene rings is 10. The van der Waals surface area contributed by atoms with Crippen LogP contribution in [0.25, 0.3) is 127 Å². The number of aromatic nitrogens is 3. The molecule has 3 aromatic heterocycles. The zero-order chi connectivity index (χ0) is 50.3. The van der Waals surface area contributed by atoms with Crippen molar-refractivity contribution in [3.63, 3.8) is 0 Å². The average molecular weight is 801 g/mol. The van der Waals surface area contributed by atoms with E-state index in [9.17, 15) is 6.85 Å². The van der Waals surface area contributed by atoms with Crippen molar-refractivity contribution in [2.75, 3.05) is 0 Å². The molecular weight excluding hydrogens is 755 g/mol. The van der Waals surface area contributed by atoms with E-state index in [2.05, 4.69) is 6.07 Å². The number of hydrogen-bond acceptors (Lipinski definition) is 3. The number of rotatable bonds is 5. The molecule has 0 aliphatic rings. The third kappa shape index (κ3) is 5.27. The molecule has 10 aromatic carbocycles. The van der Waals surface area contributed by atoms with Crippen LogP contribution in [-0.4, -0.2) is 14.5 Å². The smallest absolute Gasteiger partial charge is 0.161 e. The summed E-state index contributed by atoms with van der Waals surface area (Å²) in [5.41, 5.74) is 4.02. The van der Waals surface area contributed by atoms with Crippen molar-refractivity contribution < 1.29 is 19.5 Å². The van der Waals surface area contributed by atoms with Crippen molar-refractivity contribution in [3.05, 3.63) is 212 Å². The van der Waals surface area contributed by atoms with Gasteiger partial charge in [-0.2, -0.15) is 0 Å². The van der Waals surface area contributed by atoms with Gasteiger partial charge in [0.15, 0.2) is 5.82 Å². The van der Waals surface area contributed by atoms with E-state index in [1.807, 2.05) is 133 Å². The summed E-state index contributed by atoms with van der Waals surface area (Å²) in [5, 5.41) is 6.94. The second-order valence-electron chi connectivity index (χ2n) is 15.2. The van der Waals surface area contributed by atoms with E-state index < -0.39 is 54.0 Å². The molecule has 0 spiro atoms. The molecule has 13 rings (SSSR count). The van der Waals surface area contributed by atoms with Crippen LogP contribution in [0.1, 0.15) is 15.1 Å². The van der Waals surface area contributed by atoms with Crippen molar-refractivity contribution in [1.29, 1.82) is 0 Å². The Kier molecular flexibility index (Phi) is 5.55. The lowest BCUT2D eigenvalue weighted by molar-refractivity contribution is 0.669. The second-order valence-corrected chi connectivity index (χ2v) is 15.2. The Morgan fingerprint density at radius 2 is 1.05 bits per heavy atom. The fraction of sp³-hybridized carbons (Fsp3) is 0. The van der Waals surface area contributed by atoms with Crippen LogP contribution in [0.4, 0.5) is 0 Å². The van der Waals surface area contributed by atoms with Gasteiger partial charge in [0.25, 0.3) is 0 Å². The van der Waals surface area contributed by atoms with Gasteiger partial charge in [0.05, 0.1) is 37.5 Å². The Bertz CT molecular complexity index is 4560. The highest BCUT2D eigenvalue weighted by molar-refractivity contribution is 6.27. The first-order valence-corrected chi connectivity index (χ1v) is 20.2. The Balaban J connectivity index is 1.21. The van der Waals surface area contributed by atoms with E-state index in [-0.39, 0.29) is 51.3 Å². The average Bonchev–Trinajstić information content (AvgIpc) is 3.98. The van der Waals surface area contributed by atoms with Crippen molar-refractivity contribution >= 4 is 76.1 Å². The van der Waals surface area contributed by atoms with Crippen LogP contribution in [0.3, 0.4) is 0 Å². The van der Waals surface area contributed by atoms with Gasteiger partial charge in [-0.25, -0.2) is 9.97 Å². The lowest BCUT2D eigenvalue weighted by atomic mass is 9.88. The first-order valence-electron chi connectivity index (χ1n) is 25.7. The molecule has 0 fully saturated rings. The Morgan fingerprint density at radius 3 is 1.82 bits per heavy atom. The summed E-state index contributed by atoms with van der Waals surface area (Å²) < 4.78 is 109. The predicted molar refractivity (Wildman–Crippen MR) is 258 cm³/mol. The molecule has 62 heavy (non-hydrogen) atoms. The van der Waals surface area contributed by atoms with Gasteiger partial charge in [-0.1, -0.05) is 152 Å². The SMILES string of the molecule is [2H]c1cc([2H])c2c(c1[2H])c1c([2H])c(-c3cc4c5ccccc5c5ccccc5c4cc3-c3nc(-c4ccccc4)cc(-c4cccc5oc6ccccc6c45)n3)c([2H])c([2H])c1n2-c1c([2H])c([2H])c([2H])c([2H])c1[2H]. The van der Waals surface area contributed by atoms with Gasteiger partial charge >= 0.3 is 0 Å². The van der Waals surface area contributed by atoms with E-state index in [0.29, 0.717) is 33.7 Å². The molecule has 4 nitrogen and oxygen atoms in total. The monoisotopic (exact) mass is 800 g/mol. The third-order valence-corrected chi connectivity index (χ3v) is 11.8. The topological polar surface area (TPSA) is 43.9 Å². The van der Waals surface area contributed by atoms with Crippen molar-refractivity contribution in [3.8, 4) is 50.7 Å². The molecule has 0 aliphatic heterocycles. The fourth-order valence-corrected chi connectivity index (χ4v) is 9.07. The molecule has 0 N–H and O–H groups in total. The Hall–Kier alpha value is -8.34. The molecule has 0 aliphatic carbocycles. The van der Waals surface area contributed by atoms with Gasteiger partial charge in [-0.05, 0) is 104 Å². The number of furan rings is 1. The summed E-state index contributed by atoms with van der Waals surface area (Å²) in [5.74, 6) is 0.241. The summed E-state index contributed by atoms with van der Waals surface area (Å²) >= 11 is 0. The van der Waals surface area contributed by atoms with Crippen molar-refractivity contribution in [2.45, 2.75) is 0 Å². The quantitative estimate of drug-likeness (QED) is 0.163. The summed E-state index contributed by atoms with van der Waals surface area (Å²) in [6.07, 6.45) is 0. The van der Waals surface area contributed by atoms with Crippen LogP contribution in [0.5, 0.6) is 0 Å². The Morgan fingerprint density at radius 1 is 0.403 bits per heavy atom. The largest absolute Gasteiger partial charge is 0.456 e. The normalized spacial score (nSPS) is 14.4. The van der Waals surface area contributed by atoms with Crippen LogP contribution in [-0.2, 0) is 0 Å². The van der Waals surface area contributed by atoms with Gasteiger partial charge in [0.2, 0.25) is 0 Å². The first-order chi connectivity index (χ1) is 35.3. The summed E-state index contributed by atoms with van der Waals surface area (Å²) in [7, 11) is 0. The molecule has 0 atom stereocenters. The summed E-state index contributed by atoms with van der Waals surface area (Å²) in [4.78, 5) is 10.7. The third-order valence-electron chi connectivity index (χ3n) is 11.8. The molecule has 0 radical (unpaired) electrons. The molecule has 0 saturated carbocycles. The minimum Gasteiger partial charge on any atom is -0.456 e. The van der Waals surface area contributed by atoms with Gasteiger partial charge in [-0.3, -0.25) is 0 Å². The van der Waals surface area contributed by atoms with Crippen LogP contribution in [0, 0.1) is 0 Å². The maximum Gasteiger partial charge on any atom is 0.161 e. The molecule has 4 heteroatoms. The van der Waals surface area contributed by atoms with Crippen molar-refractivity contribution in [1.82, 2.24) is 14.5 Å². The molecule has 288 valence electrons. The minimum atomic E-state index is -0.670. The molecule has 13 aromatic rings. The standard InChI is InChI=1S/C58H35N3O/c1-3-16-36(17-4-1)51-35-52(44-26-15-29-56-57(44)45-25-12-14-28-55(45)62-56)60-58(59-51)50-34-48-42-23-10-8-21-40(42)39-20-7-9-22-41(39)47(48)33-46(50)37-30-31-54-49(32-37)43-24-11-13-27-53(43)61(54)38-18-5-2-6-19-38/h1-35H/i2D,5D,6D,11D,18D,19D,24D,27D,30D,31D,32D. The van der Waals surface area contributed by atoms with Crippen LogP contribution in [0.2, 0.25) is 0 Å². The van der Waals surface area contributed by atoms with E-state index in [4.69, 9.17) is 22.6 Å². The first kappa shape index (κ1) is 25.3. The van der Waals surface area contributed by atoms with E-state index in [1.54, 1.807) is 0 Å². The summed E-state index contributed by atoms with van der Waals surface area (Å²) in [6, 6.07) is 40.6. The molecule has 0 unspecified atom stereocenters. The molecular formula is C58H35N3O. The number of fused-ring (bicyclic) bond motifs is 12. The molecule has 3 heterocycles. The maximum absolute atomic E-state index is 10.3. The van der Waals surface area contributed by atoms with E-state index in [0.717, 1.165) is 64.9 Å². The van der Waals surface area contributed by atoms with Crippen molar-refractivity contribution in [2.24, 2.45) is 0 Å². The van der Waals surface area contributed by atoms with E-state index in [1.165, 1.54) is 0 Å². The highest BCUT2D eigenvalue weighted by atomic mass is 16.3. The predicted octanol–water partition coefficient (Wildman–Crippen LogP) is 15.6. The lowest BCUT2D eigenvalue weighted by Crippen LogP contribution is -1.98. The minimum absolute atomic E-state index is 0.0359. The van der Waals surface area contributed by atoms with Crippen LogP contribution >= 0.6 is 0 Å². The van der Waals surface area contributed by atoms with Crippen LogP contribution < -0.4 is 0 Å². The highest BCUT2D eigenvalue weighted by Crippen LogP contribution is 2.44. The molecule has 0 amide bonds. The maximum atomic E-state index is 10.3. The molecule has 0 saturated heterocycles. The fourth-order valence-electron chi connectivity index (χ4n) is 9.07. The van der Waals surface area contributed by atoms with Gasteiger partial charge in [-0.15, -0.1) is 0 Å². The summed E-state index contributed by atoms with van der Waals surface area (Å²) in [6.45, 7) is 0. The number of hydrogen-bond donors (Lipinski definition) is 0. The second kappa shape index (κ2) is 13.6. The van der Waals surface area contributed by atoms with E-state index >= 15 is 0 Å². The van der Waals surface area contributed by atoms with Gasteiger partial charge < -0.3 is 8.98 Å². The number of para-hydroxylation sites is 3. The van der Waals surface area contributed by atoms with Crippen LogP contribution in [0.15, 0.2) is 216 Å². The lowest BCUT2D eigenvalue weighted by Gasteiger charge is -2.17. The number of nitrogens with zero attached hydrogens (tertiary/aromatic N) is 3. The Labute approximate surface area is 372 Å². The zero-order valence-electron chi connectivity index (χ0n) is 43.6. The zero-order valence-corrected chi connectivity index (χ0v) is 32.6. The van der Waals surface area contributed by atoms with Gasteiger partial charge in [0.1, 0.15) is 11.2 Å².